The van der Waals surface area contributed by atoms with Gasteiger partial charge in [0.1, 0.15) is 5.75 Å². The molecule has 0 spiro atoms. The summed E-state index contributed by atoms with van der Waals surface area (Å²) < 4.78 is 36.4. The SMILES string of the molecule is CCCC1=NC(c2cc(S(=O)(=O)N3CCN(CCO)CC3)ccc2OCC)Nn2cc(C=NO)c(C)c21. The van der Waals surface area contributed by atoms with Gasteiger partial charge in [-0.3, -0.25) is 20.0 Å². The summed E-state index contributed by atoms with van der Waals surface area (Å²) in [5.74, 6) is 0.566. The van der Waals surface area contributed by atoms with Crippen LogP contribution < -0.4 is 10.2 Å². The minimum Gasteiger partial charge on any atom is -0.493 e. The average molecular weight is 533 g/mol. The van der Waals surface area contributed by atoms with Crippen LogP contribution in [-0.2, 0) is 10.0 Å². The Bertz CT molecular complexity index is 1260. The maximum Gasteiger partial charge on any atom is 0.243 e. The molecule has 4 rings (SSSR count). The molecule has 0 aliphatic carbocycles. The highest BCUT2D eigenvalue weighted by molar-refractivity contribution is 7.89. The summed E-state index contributed by atoms with van der Waals surface area (Å²) in [6.45, 7) is 8.83. The summed E-state index contributed by atoms with van der Waals surface area (Å²) in [6, 6.07) is 4.94. The van der Waals surface area contributed by atoms with Gasteiger partial charge in [0.25, 0.3) is 0 Å². The van der Waals surface area contributed by atoms with Crippen molar-refractivity contribution in [2.45, 2.75) is 44.7 Å². The van der Waals surface area contributed by atoms with E-state index in [0.29, 0.717) is 50.6 Å². The number of nitrogens with one attached hydrogen (secondary N) is 1. The Labute approximate surface area is 218 Å². The average Bonchev–Trinajstić information content (AvgIpc) is 3.20. The van der Waals surface area contributed by atoms with Crippen molar-refractivity contribution in [1.29, 1.82) is 0 Å². The number of nitrogens with zero attached hydrogens (tertiary/aromatic N) is 5. The van der Waals surface area contributed by atoms with Gasteiger partial charge in [-0.15, -0.1) is 0 Å². The molecule has 1 unspecified atom stereocenters. The lowest BCUT2D eigenvalue weighted by Gasteiger charge is -2.33. The molecule has 0 radical (unpaired) electrons. The van der Waals surface area contributed by atoms with Crippen LogP contribution in [-0.4, -0.2) is 90.5 Å². The molecule has 11 nitrogen and oxygen atoms in total. The maximum absolute atomic E-state index is 13.6. The standard InChI is InChI=1S/C25H36N6O5S/c1-4-6-22-24-18(3)19(16-26-33)17-31(24)28-25(27-22)21-15-20(7-8-23(21)36-5-2)37(34,35)30-11-9-29(10-12-30)13-14-32/h7-8,15-17,25,28,32-33H,4-6,9-14H2,1-3H3. The number of β-amino-alcohol motifs (C(OH)–C–C–N with tert-alkyl or cyclic N) is 1. The van der Waals surface area contributed by atoms with Crippen molar-refractivity contribution in [1.82, 2.24) is 13.9 Å². The number of hydrogen-bond acceptors (Lipinski definition) is 9. The van der Waals surface area contributed by atoms with Crippen LogP contribution in [0.4, 0.5) is 0 Å². The minimum atomic E-state index is -3.73. The third-order valence-electron chi connectivity index (χ3n) is 6.76. The number of rotatable bonds is 10. The fourth-order valence-electron chi connectivity index (χ4n) is 4.88. The minimum absolute atomic E-state index is 0.0564. The predicted molar refractivity (Wildman–Crippen MR) is 142 cm³/mol. The van der Waals surface area contributed by atoms with Gasteiger partial charge in [0.05, 0.1) is 35.7 Å². The van der Waals surface area contributed by atoms with Crippen molar-refractivity contribution in [3.8, 4) is 5.75 Å². The smallest absolute Gasteiger partial charge is 0.243 e. The molecule has 1 aromatic heterocycles. The Morgan fingerprint density at radius 2 is 2.00 bits per heavy atom. The highest BCUT2D eigenvalue weighted by Gasteiger charge is 2.31. The topological polar surface area (TPSA) is 132 Å². The first kappa shape index (κ1) is 27.1. The number of benzene rings is 1. The van der Waals surface area contributed by atoms with E-state index in [4.69, 9.17) is 14.9 Å². The van der Waals surface area contributed by atoms with Crippen molar-refractivity contribution in [3.05, 3.63) is 46.8 Å². The van der Waals surface area contributed by atoms with Crippen LogP contribution in [0.1, 0.15) is 55.2 Å². The normalized spacial score (nSPS) is 19.0. The first-order valence-electron chi connectivity index (χ1n) is 12.7. The monoisotopic (exact) mass is 532 g/mol. The number of piperazine rings is 1. The fraction of sp³-hybridized carbons (Fsp3) is 0.520. The van der Waals surface area contributed by atoms with Gasteiger partial charge in [0, 0.05) is 50.0 Å². The van der Waals surface area contributed by atoms with E-state index in [9.17, 15) is 13.5 Å². The van der Waals surface area contributed by atoms with Crippen LogP contribution in [0.5, 0.6) is 5.75 Å². The molecule has 3 heterocycles. The summed E-state index contributed by atoms with van der Waals surface area (Å²) in [5.41, 5.74) is 7.50. The molecule has 37 heavy (non-hydrogen) atoms. The number of aromatic nitrogens is 1. The van der Waals surface area contributed by atoms with E-state index in [1.165, 1.54) is 10.5 Å². The van der Waals surface area contributed by atoms with E-state index >= 15 is 0 Å². The molecule has 1 aromatic carbocycles. The predicted octanol–water partition coefficient (Wildman–Crippen LogP) is 2.15. The second-order valence-corrected chi connectivity index (χ2v) is 11.1. The van der Waals surface area contributed by atoms with E-state index in [1.807, 2.05) is 24.7 Å². The van der Waals surface area contributed by atoms with Gasteiger partial charge in [-0.25, -0.2) is 8.42 Å². The fourth-order valence-corrected chi connectivity index (χ4v) is 6.33. The Hall–Kier alpha value is -2.93. The largest absolute Gasteiger partial charge is 0.493 e. The van der Waals surface area contributed by atoms with E-state index < -0.39 is 16.2 Å². The van der Waals surface area contributed by atoms with Gasteiger partial charge >= 0.3 is 0 Å². The van der Waals surface area contributed by atoms with Crippen LogP contribution in [0.3, 0.4) is 0 Å². The maximum atomic E-state index is 13.6. The molecule has 2 aliphatic rings. The van der Waals surface area contributed by atoms with Crippen molar-refractivity contribution >= 4 is 21.9 Å². The molecule has 0 saturated carbocycles. The quantitative estimate of drug-likeness (QED) is 0.243. The zero-order valence-corrected chi connectivity index (χ0v) is 22.4. The van der Waals surface area contributed by atoms with Crippen molar-refractivity contribution in [2.24, 2.45) is 10.1 Å². The molecule has 0 amide bonds. The second kappa shape index (κ2) is 11.6. The lowest BCUT2D eigenvalue weighted by molar-refractivity contribution is 0.151. The summed E-state index contributed by atoms with van der Waals surface area (Å²) in [5, 5.41) is 21.4. The molecule has 202 valence electrons. The molecular formula is C25H36N6O5S. The summed E-state index contributed by atoms with van der Waals surface area (Å²) in [4.78, 5) is 7.23. The molecule has 3 N–H and O–H groups in total. The van der Waals surface area contributed by atoms with Gasteiger partial charge < -0.3 is 15.1 Å². The molecule has 2 aromatic rings. The van der Waals surface area contributed by atoms with E-state index in [1.54, 1.807) is 18.2 Å². The highest BCUT2D eigenvalue weighted by atomic mass is 32.2. The zero-order chi connectivity index (χ0) is 26.6. The Kier molecular flexibility index (Phi) is 8.53. The molecule has 1 saturated heterocycles. The van der Waals surface area contributed by atoms with Gasteiger partial charge in [-0.2, -0.15) is 4.31 Å². The van der Waals surface area contributed by atoms with Crippen LogP contribution >= 0.6 is 0 Å². The van der Waals surface area contributed by atoms with Crippen molar-refractivity contribution in [2.75, 3.05) is 51.4 Å². The molecule has 0 bridgehead atoms. The van der Waals surface area contributed by atoms with E-state index in [-0.39, 0.29) is 11.5 Å². The summed E-state index contributed by atoms with van der Waals surface area (Å²) >= 11 is 0. The number of ether oxygens (including phenoxy) is 1. The molecular weight excluding hydrogens is 496 g/mol. The number of hydrogen-bond donors (Lipinski definition) is 3. The zero-order valence-electron chi connectivity index (χ0n) is 21.6. The van der Waals surface area contributed by atoms with Crippen molar-refractivity contribution < 1.29 is 23.5 Å². The van der Waals surface area contributed by atoms with Gasteiger partial charge in [-0.1, -0.05) is 18.5 Å². The Balaban J connectivity index is 1.71. The Morgan fingerprint density at radius 3 is 2.65 bits per heavy atom. The molecule has 2 aliphatic heterocycles. The Morgan fingerprint density at radius 1 is 1.24 bits per heavy atom. The van der Waals surface area contributed by atoms with E-state index in [0.717, 1.165) is 35.4 Å². The van der Waals surface area contributed by atoms with Crippen LogP contribution in [0, 0.1) is 6.92 Å². The van der Waals surface area contributed by atoms with Crippen LogP contribution in [0.25, 0.3) is 0 Å². The van der Waals surface area contributed by atoms with Gasteiger partial charge in [-0.05, 0) is 44.0 Å². The lowest BCUT2D eigenvalue weighted by atomic mass is 10.0. The molecule has 1 atom stereocenters. The van der Waals surface area contributed by atoms with Gasteiger partial charge in [0.2, 0.25) is 10.0 Å². The first-order chi connectivity index (χ1) is 17.8. The lowest BCUT2D eigenvalue weighted by Crippen LogP contribution is -2.49. The number of oxime groups is 1. The molecule has 1 fully saturated rings. The summed E-state index contributed by atoms with van der Waals surface area (Å²) in [6.07, 6.45) is 4.28. The van der Waals surface area contributed by atoms with Crippen LogP contribution in [0.2, 0.25) is 0 Å². The number of fused-ring (bicyclic) bond motifs is 1. The third-order valence-corrected chi connectivity index (χ3v) is 8.66. The number of aliphatic hydroxyl groups excluding tert-OH is 1. The van der Waals surface area contributed by atoms with Crippen molar-refractivity contribution in [3.63, 3.8) is 0 Å². The van der Waals surface area contributed by atoms with E-state index in [2.05, 4.69) is 22.4 Å². The highest BCUT2D eigenvalue weighted by Crippen LogP contribution is 2.34. The number of aliphatic imine (C=N–C) groups is 1. The third kappa shape index (κ3) is 5.52. The second-order valence-electron chi connectivity index (χ2n) is 9.13. The first-order valence-corrected chi connectivity index (χ1v) is 14.1. The van der Waals surface area contributed by atoms with Crippen LogP contribution in [0.15, 0.2) is 39.4 Å². The number of sulfonamides is 1. The molecule has 12 heteroatoms. The number of aliphatic hydroxyl groups is 1. The summed E-state index contributed by atoms with van der Waals surface area (Å²) in [7, 11) is -3.73. The van der Waals surface area contributed by atoms with Gasteiger partial charge in [0.15, 0.2) is 6.17 Å².